The van der Waals surface area contributed by atoms with E-state index in [0.717, 1.165) is 25.7 Å². The molecule has 4 nitrogen and oxygen atoms in total. The minimum atomic E-state index is -1.47. The minimum Gasteiger partial charge on any atom is -0.478 e. The number of halogens is 2. The Hall–Kier alpha value is -1.69. The monoisotopic (exact) mass is 298 g/mol. The Labute approximate surface area is 122 Å². The largest absolute Gasteiger partial charge is 0.478 e. The molecule has 1 atom stereocenters. The van der Waals surface area contributed by atoms with E-state index in [9.17, 15) is 13.6 Å². The van der Waals surface area contributed by atoms with Gasteiger partial charge in [-0.25, -0.2) is 13.6 Å². The Morgan fingerprint density at radius 2 is 1.95 bits per heavy atom. The lowest BCUT2D eigenvalue weighted by Crippen LogP contribution is -2.38. The number of hydrogen-bond donors (Lipinski definition) is 2. The molecule has 1 heterocycles. The van der Waals surface area contributed by atoms with Gasteiger partial charge < -0.3 is 15.3 Å². The van der Waals surface area contributed by atoms with E-state index in [1.54, 1.807) is 0 Å². The molecular formula is C15H20F2N2O2. The van der Waals surface area contributed by atoms with Gasteiger partial charge in [0.2, 0.25) is 0 Å². The third-order valence-electron chi connectivity index (χ3n) is 3.70. The predicted molar refractivity (Wildman–Crippen MR) is 76.7 cm³/mol. The van der Waals surface area contributed by atoms with Gasteiger partial charge in [0.1, 0.15) is 0 Å². The highest BCUT2D eigenvalue weighted by atomic mass is 19.2. The molecule has 0 radical (unpaired) electrons. The van der Waals surface area contributed by atoms with Crippen molar-refractivity contribution >= 4 is 11.7 Å². The summed E-state index contributed by atoms with van der Waals surface area (Å²) in [6, 6.07) is 2.30. The molecule has 0 spiro atoms. The molecule has 0 aromatic heterocycles. The molecule has 6 heteroatoms. The number of nitrogens with zero attached hydrogens (tertiary/aromatic N) is 1. The van der Waals surface area contributed by atoms with Crippen LogP contribution in [0.4, 0.5) is 14.5 Å². The normalized spacial score (nSPS) is 17.5. The smallest absolute Gasteiger partial charge is 0.338 e. The third kappa shape index (κ3) is 3.91. The second kappa shape index (κ2) is 6.85. The van der Waals surface area contributed by atoms with Crippen LogP contribution in [0.3, 0.4) is 0 Å². The maximum atomic E-state index is 13.8. The molecule has 1 saturated heterocycles. The molecule has 1 aliphatic rings. The fourth-order valence-electron chi connectivity index (χ4n) is 2.67. The number of piperidine rings is 1. The van der Waals surface area contributed by atoms with Crippen molar-refractivity contribution in [2.75, 3.05) is 25.0 Å². The van der Waals surface area contributed by atoms with Crippen LogP contribution in [0.1, 0.15) is 36.5 Å². The Balaban J connectivity index is 2.01. The molecule has 1 aromatic rings. The van der Waals surface area contributed by atoms with Crippen molar-refractivity contribution in [1.82, 2.24) is 4.90 Å². The van der Waals surface area contributed by atoms with Gasteiger partial charge in [0.15, 0.2) is 11.6 Å². The number of aromatic carboxylic acids is 1. The minimum absolute atomic E-state index is 0.00186. The standard InChI is InChI=1S/C15H20F2N2O2/c1-10(9-19-7-3-2-4-8-19)18-12-6-5-11(15(20)21)13(16)14(12)17/h5-6,10,18H,2-4,7-9H2,1H3,(H,20,21). The SMILES string of the molecule is CC(CN1CCCCC1)Nc1ccc(C(=O)O)c(F)c1F. The van der Waals surface area contributed by atoms with E-state index in [4.69, 9.17) is 5.11 Å². The lowest BCUT2D eigenvalue weighted by molar-refractivity contribution is 0.0690. The quantitative estimate of drug-likeness (QED) is 0.877. The van der Waals surface area contributed by atoms with Gasteiger partial charge >= 0.3 is 5.97 Å². The molecule has 1 aliphatic heterocycles. The summed E-state index contributed by atoms with van der Waals surface area (Å²) in [7, 11) is 0. The first-order valence-electron chi connectivity index (χ1n) is 7.19. The fourth-order valence-corrected chi connectivity index (χ4v) is 2.67. The molecule has 1 fully saturated rings. The van der Waals surface area contributed by atoms with Gasteiger partial charge in [0.05, 0.1) is 11.3 Å². The lowest BCUT2D eigenvalue weighted by Gasteiger charge is -2.29. The van der Waals surface area contributed by atoms with E-state index in [1.807, 2.05) is 6.92 Å². The highest BCUT2D eigenvalue weighted by molar-refractivity contribution is 5.88. The number of hydrogen-bond acceptors (Lipinski definition) is 3. The van der Waals surface area contributed by atoms with Crippen LogP contribution in [0.5, 0.6) is 0 Å². The molecule has 1 aromatic carbocycles. The number of benzene rings is 1. The van der Waals surface area contributed by atoms with Crippen molar-refractivity contribution in [3.8, 4) is 0 Å². The zero-order valence-corrected chi connectivity index (χ0v) is 12.0. The van der Waals surface area contributed by atoms with Crippen LogP contribution >= 0.6 is 0 Å². The molecule has 2 rings (SSSR count). The summed E-state index contributed by atoms with van der Waals surface area (Å²) < 4.78 is 27.5. The molecule has 21 heavy (non-hydrogen) atoms. The highest BCUT2D eigenvalue weighted by Crippen LogP contribution is 2.21. The molecule has 0 aliphatic carbocycles. The predicted octanol–water partition coefficient (Wildman–Crippen LogP) is 2.95. The number of likely N-dealkylation sites (tertiary alicyclic amines) is 1. The summed E-state index contributed by atoms with van der Waals surface area (Å²) in [6.45, 7) is 4.71. The number of carboxylic acids is 1. The molecular weight excluding hydrogens is 278 g/mol. The maximum Gasteiger partial charge on any atom is 0.338 e. The molecule has 0 amide bonds. The zero-order valence-electron chi connectivity index (χ0n) is 12.0. The van der Waals surface area contributed by atoms with Crippen molar-refractivity contribution in [1.29, 1.82) is 0 Å². The van der Waals surface area contributed by atoms with Crippen LogP contribution in [0.2, 0.25) is 0 Å². The van der Waals surface area contributed by atoms with E-state index in [2.05, 4.69) is 10.2 Å². The van der Waals surface area contributed by atoms with E-state index < -0.39 is 23.2 Å². The van der Waals surface area contributed by atoms with Crippen molar-refractivity contribution in [3.63, 3.8) is 0 Å². The average molecular weight is 298 g/mol. The van der Waals surface area contributed by atoms with Gasteiger partial charge in [0.25, 0.3) is 0 Å². The van der Waals surface area contributed by atoms with Gasteiger partial charge in [-0.3, -0.25) is 0 Å². The summed E-state index contributed by atoms with van der Waals surface area (Å²) in [5.74, 6) is -3.93. The first kappa shape index (κ1) is 15.7. The van der Waals surface area contributed by atoms with Crippen LogP contribution < -0.4 is 5.32 Å². The highest BCUT2D eigenvalue weighted by Gasteiger charge is 2.19. The van der Waals surface area contributed by atoms with E-state index in [1.165, 1.54) is 25.3 Å². The van der Waals surface area contributed by atoms with Crippen molar-refractivity contribution in [2.45, 2.75) is 32.2 Å². The summed E-state index contributed by atoms with van der Waals surface area (Å²) in [5, 5.41) is 11.7. The molecule has 0 bridgehead atoms. The van der Waals surface area contributed by atoms with Crippen LogP contribution in [0.25, 0.3) is 0 Å². The number of anilines is 1. The first-order valence-corrected chi connectivity index (χ1v) is 7.19. The van der Waals surface area contributed by atoms with Crippen LogP contribution in [0.15, 0.2) is 12.1 Å². The number of rotatable bonds is 5. The van der Waals surface area contributed by atoms with Crippen molar-refractivity contribution in [2.24, 2.45) is 0 Å². The van der Waals surface area contributed by atoms with Crippen LogP contribution in [-0.2, 0) is 0 Å². The summed E-state index contributed by atoms with van der Waals surface area (Å²) in [6.07, 6.45) is 3.58. The van der Waals surface area contributed by atoms with Crippen molar-refractivity contribution < 1.29 is 18.7 Å². The van der Waals surface area contributed by atoms with Gasteiger partial charge in [-0.15, -0.1) is 0 Å². The third-order valence-corrected chi connectivity index (χ3v) is 3.70. The van der Waals surface area contributed by atoms with Gasteiger partial charge in [-0.2, -0.15) is 0 Å². The van der Waals surface area contributed by atoms with E-state index in [0.29, 0.717) is 0 Å². The lowest BCUT2D eigenvalue weighted by atomic mass is 10.1. The maximum absolute atomic E-state index is 13.8. The average Bonchev–Trinajstić information content (AvgIpc) is 2.44. The summed E-state index contributed by atoms with van der Waals surface area (Å²) in [5.41, 5.74) is -0.649. The molecule has 1 unspecified atom stereocenters. The summed E-state index contributed by atoms with van der Waals surface area (Å²) >= 11 is 0. The van der Waals surface area contributed by atoms with E-state index >= 15 is 0 Å². The molecule has 2 N–H and O–H groups in total. The van der Waals surface area contributed by atoms with Gasteiger partial charge in [-0.05, 0) is 45.0 Å². The summed E-state index contributed by atoms with van der Waals surface area (Å²) in [4.78, 5) is 13.0. The Bertz CT molecular complexity index is 517. The first-order chi connectivity index (χ1) is 9.99. The van der Waals surface area contributed by atoms with Crippen molar-refractivity contribution in [3.05, 3.63) is 29.3 Å². The molecule has 116 valence electrons. The Morgan fingerprint density at radius 3 is 2.57 bits per heavy atom. The van der Waals surface area contributed by atoms with E-state index in [-0.39, 0.29) is 11.7 Å². The second-order valence-corrected chi connectivity index (χ2v) is 5.50. The zero-order chi connectivity index (χ0) is 15.4. The number of carbonyl (C=O) groups is 1. The van der Waals surface area contributed by atoms with Gasteiger partial charge in [-0.1, -0.05) is 6.42 Å². The van der Waals surface area contributed by atoms with Gasteiger partial charge in [0, 0.05) is 12.6 Å². The molecule has 0 saturated carbocycles. The fraction of sp³-hybridized carbons (Fsp3) is 0.533. The second-order valence-electron chi connectivity index (χ2n) is 5.50. The number of carboxylic acid groups (broad SMARTS) is 1. The Kier molecular flexibility index (Phi) is 5.12. The Morgan fingerprint density at radius 1 is 1.29 bits per heavy atom. The topological polar surface area (TPSA) is 52.6 Å². The number of nitrogens with one attached hydrogen (secondary N) is 1. The van der Waals surface area contributed by atoms with Crippen LogP contribution in [0, 0.1) is 11.6 Å². The van der Waals surface area contributed by atoms with Crippen LogP contribution in [-0.4, -0.2) is 41.7 Å².